The second-order valence-electron chi connectivity index (χ2n) is 18.6. The van der Waals surface area contributed by atoms with E-state index in [4.69, 9.17) is 0 Å². The second-order valence-corrected chi connectivity index (χ2v) is 19.7. The van der Waals surface area contributed by atoms with Crippen molar-refractivity contribution in [2.24, 2.45) is 0 Å². The van der Waals surface area contributed by atoms with E-state index in [9.17, 15) is 0 Å². The third kappa shape index (κ3) is 8.37. The van der Waals surface area contributed by atoms with Crippen molar-refractivity contribution < 1.29 is 0 Å². The summed E-state index contributed by atoms with van der Waals surface area (Å²) in [5, 5.41) is 3.90. The van der Waals surface area contributed by atoms with Crippen molar-refractivity contribution in [2.45, 2.75) is 59.8 Å². The molecule has 0 aliphatic heterocycles. The summed E-state index contributed by atoms with van der Waals surface area (Å²) in [6.07, 6.45) is 3.84. The van der Waals surface area contributed by atoms with E-state index < -0.39 is 5.41 Å². The fraction of sp³-hybridized carbons (Fsp3) is 0.134. The number of rotatable bonds is 7. The van der Waals surface area contributed by atoms with Gasteiger partial charge in [0, 0.05) is 15.0 Å². The van der Waals surface area contributed by atoms with Crippen molar-refractivity contribution >= 4 is 44.3 Å². The number of thiophene rings is 1. The molecule has 1 aromatic heterocycles. The molecule has 1 aliphatic rings. The minimum Gasteiger partial charge on any atom is -0.135 e. The first kappa shape index (κ1) is 45.8. The van der Waals surface area contributed by atoms with Crippen molar-refractivity contribution in [3.63, 3.8) is 0 Å². The molecule has 0 unspecified atom stereocenters. The van der Waals surface area contributed by atoms with E-state index in [0.717, 1.165) is 0 Å². The molecule has 1 heteroatoms. The van der Waals surface area contributed by atoms with Crippen LogP contribution in [0.1, 0.15) is 85.8 Å². The molecule has 1 aliphatic carbocycles. The van der Waals surface area contributed by atoms with Crippen molar-refractivity contribution in [3.8, 4) is 33.4 Å². The summed E-state index contributed by atoms with van der Waals surface area (Å²) in [6.45, 7) is 23.1. The van der Waals surface area contributed by atoms with E-state index in [-0.39, 0.29) is 0 Å². The first-order valence-electron chi connectivity index (χ1n) is 23.8. The third-order valence-electron chi connectivity index (χ3n) is 13.8. The highest BCUT2D eigenvalue weighted by atomic mass is 32.1. The molecule has 0 radical (unpaired) electrons. The Morgan fingerprint density at radius 2 is 1.00 bits per heavy atom. The molecule has 9 aromatic carbocycles. The molecule has 10 aromatic rings. The van der Waals surface area contributed by atoms with E-state index in [1.54, 1.807) is 11.3 Å². The quantitative estimate of drug-likeness (QED) is 0.150. The SMILES string of the molecule is C=Cc1sc2ccc(C(C)C)cc2c1C=C.Cc1ccc(C)cc1.Cc1ccc2c(c1)C(c1ccccc1)(c1ccccc1)c1cc(-c3cccc(-c4ccccc4C)c3C)c3ccccc3c1-2. The van der Waals surface area contributed by atoms with Gasteiger partial charge in [0.1, 0.15) is 0 Å². The monoisotopic (exact) mass is 896 g/mol. The fourth-order valence-electron chi connectivity index (χ4n) is 10.3. The summed E-state index contributed by atoms with van der Waals surface area (Å²) < 4.78 is 1.31. The third-order valence-corrected chi connectivity index (χ3v) is 15.0. The van der Waals surface area contributed by atoms with Crippen molar-refractivity contribution in [1.29, 1.82) is 0 Å². The van der Waals surface area contributed by atoms with E-state index in [2.05, 4.69) is 256 Å². The predicted molar refractivity (Wildman–Crippen MR) is 298 cm³/mol. The van der Waals surface area contributed by atoms with E-state index in [1.807, 2.05) is 12.2 Å². The van der Waals surface area contributed by atoms with Crippen LogP contribution in [0.5, 0.6) is 0 Å². The van der Waals surface area contributed by atoms with Gasteiger partial charge in [0.15, 0.2) is 0 Å². The molecule has 0 saturated carbocycles. The lowest BCUT2D eigenvalue weighted by Gasteiger charge is -2.34. The second kappa shape index (κ2) is 19.5. The highest BCUT2D eigenvalue weighted by Crippen LogP contribution is 2.59. The van der Waals surface area contributed by atoms with Crippen LogP contribution in [0.3, 0.4) is 0 Å². The minimum atomic E-state index is -0.445. The number of hydrogen-bond donors (Lipinski definition) is 0. The number of aryl methyl sites for hydroxylation is 4. The van der Waals surface area contributed by atoms with Crippen LogP contribution in [-0.4, -0.2) is 0 Å². The van der Waals surface area contributed by atoms with Gasteiger partial charge >= 0.3 is 0 Å². The summed E-state index contributed by atoms with van der Waals surface area (Å²) in [7, 11) is 0. The number of hydrogen-bond acceptors (Lipinski definition) is 1. The van der Waals surface area contributed by atoms with Crippen LogP contribution in [0.4, 0.5) is 0 Å². The number of benzene rings is 9. The largest absolute Gasteiger partial charge is 0.135 e. The number of fused-ring (bicyclic) bond motifs is 6. The van der Waals surface area contributed by atoms with Gasteiger partial charge < -0.3 is 0 Å². The maximum atomic E-state index is 3.90. The van der Waals surface area contributed by atoms with Crippen LogP contribution in [0.15, 0.2) is 207 Å². The predicted octanol–water partition coefficient (Wildman–Crippen LogP) is 19.1. The summed E-state index contributed by atoms with van der Waals surface area (Å²) in [6, 6.07) is 71.5. The standard InChI is InChI=1S/C44H34.C15H16S.C8H10/c1-29-25-26-39-41(27-29)44(32-16-6-4-7-17-32,33-18-8-5-9-19-33)42-28-40(37-21-12-13-22-38(37)43(39)42)36-24-14-23-35(31(36)3)34-20-11-10-15-30(34)2;1-5-12-13-9-11(10(3)4)7-8-15(13)16-14(12)6-2;1-7-3-5-8(2)6-4-7/h4-28H,1-3H3;5-10H,1-2H2,3-4H3;3-6H,1-2H3. The molecule has 0 fully saturated rings. The molecular formula is C67H60S. The van der Waals surface area contributed by atoms with Gasteiger partial charge in [-0.05, 0) is 147 Å². The van der Waals surface area contributed by atoms with Gasteiger partial charge in [0.25, 0.3) is 0 Å². The van der Waals surface area contributed by atoms with Crippen LogP contribution < -0.4 is 0 Å². The normalized spacial score (nSPS) is 12.1. The minimum absolute atomic E-state index is 0.445. The van der Waals surface area contributed by atoms with Gasteiger partial charge in [0.05, 0.1) is 5.41 Å². The molecule has 1 heterocycles. The summed E-state index contributed by atoms with van der Waals surface area (Å²) in [5.41, 5.74) is 21.8. The molecule has 0 N–H and O–H groups in total. The lowest BCUT2D eigenvalue weighted by molar-refractivity contribution is 0.768. The van der Waals surface area contributed by atoms with Crippen LogP contribution >= 0.6 is 11.3 Å². The first-order valence-corrected chi connectivity index (χ1v) is 24.7. The van der Waals surface area contributed by atoms with E-state index >= 15 is 0 Å². The van der Waals surface area contributed by atoms with Crippen LogP contribution in [0, 0.1) is 34.6 Å². The van der Waals surface area contributed by atoms with Gasteiger partial charge in [-0.3, -0.25) is 0 Å². The zero-order chi connectivity index (χ0) is 47.5. The van der Waals surface area contributed by atoms with Gasteiger partial charge in [-0.25, -0.2) is 0 Å². The smallest absolute Gasteiger partial charge is 0.0714 e. The van der Waals surface area contributed by atoms with Crippen LogP contribution in [0.2, 0.25) is 0 Å². The zero-order valence-electron chi connectivity index (χ0n) is 40.5. The van der Waals surface area contributed by atoms with Crippen molar-refractivity contribution in [1.82, 2.24) is 0 Å². The molecule has 68 heavy (non-hydrogen) atoms. The maximum Gasteiger partial charge on any atom is 0.0714 e. The van der Waals surface area contributed by atoms with Gasteiger partial charge in [0.2, 0.25) is 0 Å². The first-order chi connectivity index (χ1) is 33.0. The molecule has 0 saturated heterocycles. The summed E-state index contributed by atoms with van der Waals surface area (Å²) in [5.74, 6) is 0.564. The maximum absolute atomic E-state index is 3.90. The van der Waals surface area contributed by atoms with Gasteiger partial charge in [-0.2, -0.15) is 0 Å². The van der Waals surface area contributed by atoms with Gasteiger partial charge in [-0.1, -0.05) is 232 Å². The molecular weight excluding hydrogens is 837 g/mol. The molecule has 0 nitrogen and oxygen atoms in total. The Bertz CT molecular complexity index is 3370. The highest BCUT2D eigenvalue weighted by molar-refractivity contribution is 7.20. The van der Waals surface area contributed by atoms with Crippen LogP contribution in [0.25, 0.3) is 66.4 Å². The fourth-order valence-corrected chi connectivity index (χ4v) is 11.3. The molecule has 0 amide bonds. The van der Waals surface area contributed by atoms with E-state index in [0.29, 0.717) is 5.92 Å². The Morgan fingerprint density at radius 1 is 0.441 bits per heavy atom. The average molecular weight is 897 g/mol. The highest BCUT2D eigenvalue weighted by Gasteiger charge is 2.47. The van der Waals surface area contributed by atoms with Crippen molar-refractivity contribution in [3.05, 3.63) is 273 Å². The molecule has 0 bridgehead atoms. The average Bonchev–Trinajstić information content (AvgIpc) is 3.88. The Morgan fingerprint density at radius 3 is 1.60 bits per heavy atom. The summed E-state index contributed by atoms with van der Waals surface area (Å²) >= 11 is 1.78. The molecule has 0 atom stereocenters. The van der Waals surface area contributed by atoms with E-state index in [1.165, 1.54) is 120 Å². The topological polar surface area (TPSA) is 0 Å². The molecule has 334 valence electrons. The van der Waals surface area contributed by atoms with Gasteiger partial charge in [-0.15, -0.1) is 11.3 Å². The summed E-state index contributed by atoms with van der Waals surface area (Å²) in [4.78, 5) is 1.21. The zero-order valence-corrected chi connectivity index (χ0v) is 41.3. The van der Waals surface area contributed by atoms with Crippen molar-refractivity contribution in [2.75, 3.05) is 0 Å². The molecule has 0 spiro atoms. The lowest BCUT2D eigenvalue weighted by Crippen LogP contribution is -2.28. The lowest BCUT2D eigenvalue weighted by atomic mass is 9.67. The Labute approximate surface area is 408 Å². The Kier molecular flexibility index (Phi) is 13.1. The van der Waals surface area contributed by atoms with Crippen LogP contribution in [-0.2, 0) is 5.41 Å². The Hall–Kier alpha value is -7.32. The Balaban J connectivity index is 0.000000196. The molecule has 11 rings (SSSR count).